The monoisotopic (exact) mass is 347 g/mol. The van der Waals surface area contributed by atoms with Crippen molar-refractivity contribution in [1.82, 2.24) is 19.9 Å². The lowest BCUT2D eigenvalue weighted by molar-refractivity contribution is -0.118. The summed E-state index contributed by atoms with van der Waals surface area (Å²) >= 11 is 1.39. The molecule has 4 rings (SSSR count). The van der Waals surface area contributed by atoms with Gasteiger partial charge in [-0.3, -0.25) is 19.7 Å². The Hall–Kier alpha value is -3.19. The second kappa shape index (κ2) is 6.37. The number of carbonyl (C=O) groups is 1. The first-order valence-electron chi connectivity index (χ1n) is 7.57. The maximum Gasteiger partial charge on any atom is 0.230 e. The van der Waals surface area contributed by atoms with E-state index in [9.17, 15) is 4.79 Å². The van der Waals surface area contributed by atoms with Crippen molar-refractivity contribution in [2.24, 2.45) is 5.73 Å². The highest BCUT2D eigenvalue weighted by Crippen LogP contribution is 2.37. The largest absolute Gasteiger partial charge is 0.369 e. The first kappa shape index (κ1) is 15.3. The zero-order valence-corrected chi connectivity index (χ0v) is 13.9. The Kier molecular flexibility index (Phi) is 3.91. The lowest BCUT2D eigenvalue weighted by atomic mass is 9.91. The van der Waals surface area contributed by atoms with Crippen LogP contribution in [0.25, 0.3) is 22.2 Å². The highest BCUT2D eigenvalue weighted by atomic mass is 32.1. The van der Waals surface area contributed by atoms with Gasteiger partial charge in [-0.1, -0.05) is 18.2 Å². The molecule has 7 heteroatoms. The standard InChI is InChI=1S/C18H13N5OS/c19-18(24)15(13-3-1-2-11-8-20-5-4-12(11)13)17-16(23-10-25-17)14-9-21-6-7-22-14/h1-10,15H,(H2,19,24). The maximum absolute atomic E-state index is 12.4. The van der Waals surface area contributed by atoms with Crippen LogP contribution >= 0.6 is 11.3 Å². The SMILES string of the molecule is NC(=O)C(c1scnc1-c1cnccn1)c1cccc2cnccc12. The molecule has 0 aliphatic carbocycles. The summed E-state index contributed by atoms with van der Waals surface area (Å²) in [4.78, 5) is 30.1. The molecule has 0 aliphatic rings. The third kappa shape index (κ3) is 2.74. The van der Waals surface area contributed by atoms with Gasteiger partial charge < -0.3 is 5.73 Å². The summed E-state index contributed by atoms with van der Waals surface area (Å²) in [5.41, 5.74) is 9.57. The van der Waals surface area contributed by atoms with Crippen LogP contribution in [0, 0.1) is 0 Å². The summed E-state index contributed by atoms with van der Waals surface area (Å²) < 4.78 is 0. The number of benzene rings is 1. The normalized spacial score (nSPS) is 12.2. The molecule has 4 aromatic rings. The average molecular weight is 347 g/mol. The van der Waals surface area contributed by atoms with Gasteiger partial charge in [-0.05, 0) is 17.0 Å². The molecular formula is C18H13N5OS. The number of nitrogens with zero attached hydrogens (tertiary/aromatic N) is 4. The van der Waals surface area contributed by atoms with Crippen LogP contribution in [0.3, 0.4) is 0 Å². The Labute approximate surface area is 147 Å². The predicted octanol–water partition coefficient (Wildman–Crippen LogP) is 2.77. The van der Waals surface area contributed by atoms with Gasteiger partial charge in [-0.2, -0.15) is 0 Å². The molecule has 0 fully saturated rings. The third-order valence-corrected chi connectivity index (χ3v) is 4.87. The summed E-state index contributed by atoms with van der Waals surface area (Å²) in [6, 6.07) is 7.67. The first-order valence-corrected chi connectivity index (χ1v) is 8.45. The van der Waals surface area contributed by atoms with E-state index in [1.807, 2.05) is 24.3 Å². The van der Waals surface area contributed by atoms with Crippen molar-refractivity contribution in [3.63, 3.8) is 0 Å². The number of hydrogen-bond donors (Lipinski definition) is 1. The molecule has 2 N–H and O–H groups in total. The van der Waals surface area contributed by atoms with Gasteiger partial charge in [0, 0.05) is 30.2 Å². The quantitative estimate of drug-likeness (QED) is 0.612. The molecule has 0 saturated carbocycles. The fraction of sp³-hybridized carbons (Fsp3) is 0.0556. The molecular weight excluding hydrogens is 334 g/mol. The van der Waals surface area contributed by atoms with Crippen molar-refractivity contribution in [3.05, 3.63) is 71.2 Å². The second-order valence-electron chi connectivity index (χ2n) is 5.44. The first-order chi connectivity index (χ1) is 12.3. The molecule has 1 unspecified atom stereocenters. The molecule has 0 saturated heterocycles. The minimum absolute atomic E-state index is 0.432. The van der Waals surface area contributed by atoms with E-state index >= 15 is 0 Å². The van der Waals surface area contributed by atoms with Crippen LogP contribution in [0.4, 0.5) is 0 Å². The van der Waals surface area contributed by atoms with Gasteiger partial charge in [0.2, 0.25) is 5.91 Å². The Morgan fingerprint density at radius 2 is 1.92 bits per heavy atom. The number of hydrogen-bond acceptors (Lipinski definition) is 6. The molecule has 3 aromatic heterocycles. The number of pyridine rings is 1. The number of fused-ring (bicyclic) bond motifs is 1. The summed E-state index contributed by atoms with van der Waals surface area (Å²) in [5, 5.41) is 1.90. The number of carbonyl (C=O) groups excluding carboxylic acids is 1. The Morgan fingerprint density at radius 3 is 2.72 bits per heavy atom. The number of rotatable bonds is 4. The Balaban J connectivity index is 1.93. The maximum atomic E-state index is 12.4. The van der Waals surface area contributed by atoms with Crippen molar-refractivity contribution < 1.29 is 4.79 Å². The Bertz CT molecular complexity index is 1040. The number of aromatic nitrogens is 4. The molecule has 0 bridgehead atoms. The van der Waals surface area contributed by atoms with Crippen LogP contribution in [0.5, 0.6) is 0 Å². The van der Waals surface area contributed by atoms with E-state index in [2.05, 4.69) is 19.9 Å². The summed E-state index contributed by atoms with van der Waals surface area (Å²) in [7, 11) is 0. The molecule has 0 aliphatic heterocycles. The molecule has 3 heterocycles. The zero-order chi connectivity index (χ0) is 17.2. The molecule has 1 amide bonds. The molecule has 25 heavy (non-hydrogen) atoms. The number of primary amides is 1. The van der Waals surface area contributed by atoms with Crippen LogP contribution in [0.15, 0.2) is 60.8 Å². The molecule has 6 nitrogen and oxygen atoms in total. The van der Waals surface area contributed by atoms with Crippen molar-refractivity contribution in [2.75, 3.05) is 0 Å². The summed E-state index contributed by atoms with van der Waals surface area (Å²) in [6.07, 6.45) is 8.30. The van der Waals surface area contributed by atoms with E-state index < -0.39 is 11.8 Å². The second-order valence-corrected chi connectivity index (χ2v) is 6.32. The van der Waals surface area contributed by atoms with Crippen molar-refractivity contribution in [1.29, 1.82) is 0 Å². The average Bonchev–Trinajstić information content (AvgIpc) is 3.12. The minimum atomic E-state index is -0.615. The molecule has 0 spiro atoms. The van der Waals surface area contributed by atoms with Crippen molar-refractivity contribution in [2.45, 2.75) is 5.92 Å². The van der Waals surface area contributed by atoms with E-state index in [0.29, 0.717) is 11.4 Å². The smallest absolute Gasteiger partial charge is 0.230 e. The Morgan fingerprint density at radius 1 is 1.04 bits per heavy atom. The fourth-order valence-electron chi connectivity index (χ4n) is 2.90. The lowest BCUT2D eigenvalue weighted by Gasteiger charge is -2.16. The van der Waals surface area contributed by atoms with E-state index in [1.54, 1.807) is 36.5 Å². The number of nitrogens with two attached hydrogens (primary N) is 1. The predicted molar refractivity (Wildman–Crippen MR) is 95.9 cm³/mol. The van der Waals surface area contributed by atoms with E-state index in [1.165, 1.54) is 11.3 Å². The van der Waals surface area contributed by atoms with Crippen molar-refractivity contribution in [3.8, 4) is 11.4 Å². The van der Waals surface area contributed by atoms with Gasteiger partial charge in [0.1, 0.15) is 11.4 Å². The van der Waals surface area contributed by atoms with Gasteiger partial charge in [0.05, 0.1) is 22.5 Å². The third-order valence-electron chi connectivity index (χ3n) is 3.97. The summed E-state index contributed by atoms with van der Waals surface area (Å²) in [5.74, 6) is -1.05. The van der Waals surface area contributed by atoms with Crippen molar-refractivity contribution >= 4 is 28.0 Å². The van der Waals surface area contributed by atoms with Gasteiger partial charge in [-0.15, -0.1) is 11.3 Å². The topological polar surface area (TPSA) is 94.7 Å². The van der Waals surface area contributed by atoms with E-state index in [-0.39, 0.29) is 0 Å². The van der Waals surface area contributed by atoms with Crippen LogP contribution in [-0.2, 0) is 4.79 Å². The van der Waals surface area contributed by atoms with Gasteiger partial charge in [-0.25, -0.2) is 4.98 Å². The van der Waals surface area contributed by atoms with Gasteiger partial charge >= 0.3 is 0 Å². The molecule has 0 radical (unpaired) electrons. The van der Waals surface area contributed by atoms with E-state index in [0.717, 1.165) is 21.2 Å². The highest BCUT2D eigenvalue weighted by Gasteiger charge is 2.27. The van der Waals surface area contributed by atoms with E-state index in [4.69, 9.17) is 5.73 Å². The molecule has 1 aromatic carbocycles. The molecule has 122 valence electrons. The summed E-state index contributed by atoms with van der Waals surface area (Å²) in [6.45, 7) is 0. The number of thiazole rings is 1. The lowest BCUT2D eigenvalue weighted by Crippen LogP contribution is -2.22. The van der Waals surface area contributed by atoms with Gasteiger partial charge in [0.25, 0.3) is 0 Å². The van der Waals surface area contributed by atoms with Crippen LogP contribution < -0.4 is 5.73 Å². The zero-order valence-electron chi connectivity index (χ0n) is 13.0. The molecule has 1 atom stereocenters. The van der Waals surface area contributed by atoms with Crippen LogP contribution in [0.1, 0.15) is 16.4 Å². The van der Waals surface area contributed by atoms with Gasteiger partial charge in [0.15, 0.2) is 0 Å². The minimum Gasteiger partial charge on any atom is -0.369 e. The van der Waals surface area contributed by atoms with Crippen LogP contribution in [0.2, 0.25) is 0 Å². The highest BCUT2D eigenvalue weighted by molar-refractivity contribution is 7.10. The van der Waals surface area contributed by atoms with Crippen LogP contribution in [-0.4, -0.2) is 25.8 Å². The number of amides is 1. The fourth-order valence-corrected chi connectivity index (χ4v) is 3.82.